The van der Waals surface area contributed by atoms with E-state index >= 15 is 0 Å². The van der Waals surface area contributed by atoms with Crippen LogP contribution in [0.5, 0.6) is 0 Å². The molecule has 0 saturated carbocycles. The molecule has 2 aromatic rings. The minimum Gasteiger partial charge on any atom is -0.326 e. The predicted molar refractivity (Wildman–Crippen MR) is 103 cm³/mol. The van der Waals surface area contributed by atoms with Gasteiger partial charge in [0.25, 0.3) is 11.6 Å². The third-order valence-corrected chi connectivity index (χ3v) is 4.63. The van der Waals surface area contributed by atoms with Crippen molar-refractivity contribution in [1.82, 2.24) is 0 Å². The molecule has 6 heteroatoms. The number of hydrogen-bond acceptors (Lipinski definition) is 3. The van der Waals surface area contributed by atoms with Gasteiger partial charge >= 0.3 is 0 Å². The molecule has 0 aliphatic rings. The SMILES string of the molecule is Cc1ccc(C[NH+](C)CC(=O)Nc2c([N+](=O)[O-])ccc(C)c2C)c(C)c1. The number of anilines is 1. The van der Waals surface area contributed by atoms with Crippen LogP contribution in [0.1, 0.15) is 27.8 Å². The lowest BCUT2D eigenvalue weighted by atomic mass is 10.1. The van der Waals surface area contributed by atoms with E-state index in [4.69, 9.17) is 0 Å². The predicted octanol–water partition coefficient (Wildman–Crippen LogP) is 2.48. The third-order valence-electron chi connectivity index (χ3n) is 4.63. The van der Waals surface area contributed by atoms with Gasteiger partial charge in [-0.1, -0.05) is 29.8 Å². The number of aryl methyl sites for hydroxylation is 3. The van der Waals surface area contributed by atoms with Gasteiger partial charge < -0.3 is 10.2 Å². The van der Waals surface area contributed by atoms with Crippen molar-refractivity contribution in [2.45, 2.75) is 34.2 Å². The van der Waals surface area contributed by atoms with E-state index in [1.54, 1.807) is 13.0 Å². The van der Waals surface area contributed by atoms with E-state index in [1.165, 1.54) is 22.8 Å². The van der Waals surface area contributed by atoms with Crippen LogP contribution in [0.25, 0.3) is 0 Å². The van der Waals surface area contributed by atoms with Crippen molar-refractivity contribution in [2.75, 3.05) is 18.9 Å². The Labute approximate surface area is 154 Å². The molecule has 0 aliphatic carbocycles. The topological polar surface area (TPSA) is 76.7 Å². The van der Waals surface area contributed by atoms with Crippen molar-refractivity contribution < 1.29 is 14.6 Å². The summed E-state index contributed by atoms with van der Waals surface area (Å²) in [5, 5.41) is 14.0. The summed E-state index contributed by atoms with van der Waals surface area (Å²) < 4.78 is 0. The van der Waals surface area contributed by atoms with Gasteiger partial charge in [0, 0.05) is 11.6 Å². The second kappa shape index (κ2) is 8.10. The van der Waals surface area contributed by atoms with Gasteiger partial charge in [-0.15, -0.1) is 0 Å². The molecule has 0 aliphatic heterocycles. The smallest absolute Gasteiger partial charge is 0.293 e. The van der Waals surface area contributed by atoms with Crippen LogP contribution in [0.15, 0.2) is 30.3 Å². The highest BCUT2D eigenvalue weighted by Gasteiger charge is 2.21. The van der Waals surface area contributed by atoms with Gasteiger partial charge in [0.15, 0.2) is 6.54 Å². The van der Waals surface area contributed by atoms with Gasteiger partial charge in [0.2, 0.25) is 0 Å². The highest BCUT2D eigenvalue weighted by atomic mass is 16.6. The van der Waals surface area contributed by atoms with E-state index in [2.05, 4.69) is 37.4 Å². The van der Waals surface area contributed by atoms with E-state index in [-0.39, 0.29) is 18.1 Å². The maximum absolute atomic E-state index is 12.4. The zero-order valence-electron chi connectivity index (χ0n) is 16.0. The number of nitro benzene ring substituents is 1. The van der Waals surface area contributed by atoms with Crippen LogP contribution in [0.4, 0.5) is 11.4 Å². The van der Waals surface area contributed by atoms with E-state index in [1.807, 2.05) is 14.0 Å². The molecule has 0 radical (unpaired) electrons. The maximum Gasteiger partial charge on any atom is 0.293 e. The lowest BCUT2D eigenvalue weighted by Crippen LogP contribution is -3.08. The Morgan fingerprint density at radius 1 is 1.12 bits per heavy atom. The first kappa shape index (κ1) is 19.6. The summed E-state index contributed by atoms with van der Waals surface area (Å²) in [7, 11) is 1.94. The second-order valence-corrected chi connectivity index (χ2v) is 6.95. The summed E-state index contributed by atoms with van der Waals surface area (Å²) in [6.07, 6.45) is 0. The summed E-state index contributed by atoms with van der Waals surface area (Å²) in [6, 6.07) is 9.41. The second-order valence-electron chi connectivity index (χ2n) is 6.95. The molecule has 2 aromatic carbocycles. The van der Waals surface area contributed by atoms with Crippen LogP contribution >= 0.6 is 0 Å². The summed E-state index contributed by atoms with van der Waals surface area (Å²) in [5.74, 6) is -0.232. The Balaban J connectivity index is 2.09. The maximum atomic E-state index is 12.4. The first-order valence-corrected chi connectivity index (χ1v) is 8.61. The first-order valence-electron chi connectivity index (χ1n) is 8.61. The van der Waals surface area contributed by atoms with E-state index < -0.39 is 4.92 Å². The Morgan fingerprint density at radius 3 is 2.42 bits per heavy atom. The van der Waals surface area contributed by atoms with Crippen molar-refractivity contribution in [1.29, 1.82) is 0 Å². The quantitative estimate of drug-likeness (QED) is 0.617. The monoisotopic (exact) mass is 356 g/mol. The van der Waals surface area contributed by atoms with E-state index in [0.29, 0.717) is 12.2 Å². The summed E-state index contributed by atoms with van der Waals surface area (Å²) in [6.45, 7) is 8.72. The van der Waals surface area contributed by atoms with Gasteiger partial charge in [-0.2, -0.15) is 0 Å². The molecule has 0 heterocycles. The summed E-state index contributed by atoms with van der Waals surface area (Å²) in [5.41, 5.74) is 5.45. The number of carbonyl (C=O) groups is 1. The molecular formula is C20H26N3O3+. The number of amides is 1. The number of nitrogens with one attached hydrogen (secondary N) is 2. The number of nitrogens with zero attached hydrogens (tertiary/aromatic N) is 1. The largest absolute Gasteiger partial charge is 0.326 e. The summed E-state index contributed by atoms with van der Waals surface area (Å²) in [4.78, 5) is 24.2. The molecular weight excluding hydrogens is 330 g/mol. The fraction of sp³-hybridized carbons (Fsp3) is 0.350. The number of likely N-dealkylation sites (N-methyl/N-ethyl adjacent to an activating group) is 1. The number of nitro groups is 1. The Bertz CT molecular complexity index is 846. The van der Waals surface area contributed by atoms with Gasteiger partial charge in [0.05, 0.1) is 12.0 Å². The number of quaternary nitrogens is 1. The van der Waals surface area contributed by atoms with Gasteiger partial charge in [-0.25, -0.2) is 0 Å². The van der Waals surface area contributed by atoms with Crippen LogP contribution in [-0.2, 0) is 11.3 Å². The standard InChI is InChI=1S/C20H25N3O3/c1-13-6-8-17(15(3)10-13)11-22(5)12-19(24)21-20-16(4)14(2)7-9-18(20)23(25)26/h6-10H,11-12H2,1-5H3,(H,21,24)/p+1. The molecule has 6 nitrogen and oxygen atoms in total. The molecule has 0 aromatic heterocycles. The number of carbonyl (C=O) groups excluding carboxylic acids is 1. The molecule has 26 heavy (non-hydrogen) atoms. The zero-order valence-corrected chi connectivity index (χ0v) is 16.0. The molecule has 1 atom stereocenters. The third kappa shape index (κ3) is 4.67. The molecule has 2 rings (SSSR count). The van der Waals surface area contributed by atoms with Crippen molar-refractivity contribution in [3.63, 3.8) is 0 Å². The van der Waals surface area contributed by atoms with Crippen molar-refractivity contribution in [3.05, 3.63) is 68.3 Å². The van der Waals surface area contributed by atoms with Gasteiger partial charge in [-0.3, -0.25) is 14.9 Å². The van der Waals surface area contributed by atoms with Crippen LogP contribution in [0.3, 0.4) is 0 Å². The molecule has 0 bridgehead atoms. The van der Waals surface area contributed by atoms with Crippen LogP contribution in [0, 0.1) is 37.8 Å². The van der Waals surface area contributed by atoms with Gasteiger partial charge in [0.1, 0.15) is 12.2 Å². The fourth-order valence-corrected chi connectivity index (χ4v) is 3.00. The normalized spacial score (nSPS) is 11.9. The Morgan fingerprint density at radius 2 is 1.81 bits per heavy atom. The number of benzene rings is 2. The van der Waals surface area contributed by atoms with Crippen molar-refractivity contribution in [2.24, 2.45) is 0 Å². The van der Waals surface area contributed by atoms with E-state index in [9.17, 15) is 14.9 Å². The highest BCUT2D eigenvalue weighted by Crippen LogP contribution is 2.29. The minimum absolute atomic E-state index is 0.0755. The molecule has 0 saturated heterocycles. The van der Waals surface area contributed by atoms with Crippen LogP contribution in [0.2, 0.25) is 0 Å². The molecule has 0 fully saturated rings. The molecule has 0 spiro atoms. The highest BCUT2D eigenvalue weighted by molar-refractivity contribution is 5.95. The Hall–Kier alpha value is -2.73. The fourth-order valence-electron chi connectivity index (χ4n) is 3.00. The van der Waals surface area contributed by atoms with Crippen molar-refractivity contribution >= 4 is 17.3 Å². The molecule has 1 unspecified atom stereocenters. The molecule has 1 amide bonds. The lowest BCUT2D eigenvalue weighted by molar-refractivity contribution is -0.885. The number of rotatable bonds is 6. The van der Waals surface area contributed by atoms with Gasteiger partial charge in [-0.05, 0) is 44.4 Å². The Kier molecular flexibility index (Phi) is 6.10. The molecule has 138 valence electrons. The van der Waals surface area contributed by atoms with Crippen LogP contribution < -0.4 is 10.2 Å². The first-order chi connectivity index (χ1) is 12.2. The average Bonchev–Trinajstić information content (AvgIpc) is 2.54. The summed E-state index contributed by atoms with van der Waals surface area (Å²) >= 11 is 0. The zero-order chi connectivity index (χ0) is 19.4. The molecule has 2 N–H and O–H groups in total. The van der Waals surface area contributed by atoms with Crippen LogP contribution in [-0.4, -0.2) is 24.4 Å². The average molecular weight is 356 g/mol. The minimum atomic E-state index is -0.464. The van der Waals surface area contributed by atoms with Crippen molar-refractivity contribution in [3.8, 4) is 0 Å². The lowest BCUT2D eigenvalue weighted by Gasteiger charge is -2.16. The number of hydrogen-bond donors (Lipinski definition) is 2. The van der Waals surface area contributed by atoms with E-state index in [0.717, 1.165) is 16.0 Å².